The maximum atomic E-state index is 12.3. The third-order valence-electron chi connectivity index (χ3n) is 4.41. The number of nitrogens with zero attached hydrogens (tertiary/aromatic N) is 1. The molecule has 0 fully saturated rings. The second-order valence-corrected chi connectivity index (χ2v) is 7.44. The first-order chi connectivity index (χ1) is 13.1. The van der Waals surface area contributed by atoms with Crippen molar-refractivity contribution in [3.8, 4) is 11.5 Å². The molecular weight excluding hydrogens is 360 g/mol. The molecule has 1 heterocycles. The highest BCUT2D eigenvalue weighted by Gasteiger charge is 2.15. The molecule has 0 aliphatic heterocycles. The maximum Gasteiger partial charge on any atom is 0.220 e. The summed E-state index contributed by atoms with van der Waals surface area (Å²) in [6, 6.07) is 13.5. The first kappa shape index (κ1) is 19.2. The SMILES string of the molecule is COc1ccc(OC)c(C(C)NC(=O)CCCc2nc3ccccc3s2)c1. The average molecular weight is 385 g/mol. The van der Waals surface area contributed by atoms with Crippen molar-refractivity contribution in [1.29, 1.82) is 0 Å². The number of carbonyl (C=O) groups excluding carboxylic acids is 1. The van der Waals surface area contributed by atoms with Gasteiger partial charge in [0.15, 0.2) is 0 Å². The van der Waals surface area contributed by atoms with E-state index in [0.29, 0.717) is 6.42 Å². The summed E-state index contributed by atoms with van der Waals surface area (Å²) in [5, 5.41) is 4.12. The number of carbonyl (C=O) groups is 1. The van der Waals surface area contributed by atoms with Gasteiger partial charge in [-0.25, -0.2) is 4.98 Å². The molecule has 0 aliphatic rings. The first-order valence-electron chi connectivity index (χ1n) is 8.96. The second kappa shape index (κ2) is 8.86. The summed E-state index contributed by atoms with van der Waals surface area (Å²) in [5.41, 5.74) is 1.93. The second-order valence-electron chi connectivity index (χ2n) is 6.33. The number of nitrogens with one attached hydrogen (secondary N) is 1. The standard InChI is InChI=1S/C21H24N2O3S/c1-14(16-13-15(25-2)11-12-18(16)26-3)22-20(24)9-6-10-21-23-17-7-4-5-8-19(17)27-21/h4-5,7-8,11-14H,6,9-10H2,1-3H3,(H,22,24). The van der Waals surface area contributed by atoms with Crippen molar-refractivity contribution in [2.75, 3.05) is 14.2 Å². The fourth-order valence-corrected chi connectivity index (χ4v) is 4.01. The molecule has 0 radical (unpaired) electrons. The molecule has 0 saturated heterocycles. The fourth-order valence-electron chi connectivity index (χ4n) is 3.00. The molecule has 27 heavy (non-hydrogen) atoms. The number of thiazole rings is 1. The highest BCUT2D eigenvalue weighted by Crippen LogP contribution is 2.29. The zero-order valence-electron chi connectivity index (χ0n) is 15.8. The largest absolute Gasteiger partial charge is 0.497 e. The third-order valence-corrected chi connectivity index (χ3v) is 5.51. The van der Waals surface area contributed by atoms with Crippen LogP contribution < -0.4 is 14.8 Å². The van der Waals surface area contributed by atoms with Crippen molar-refractivity contribution in [2.24, 2.45) is 0 Å². The summed E-state index contributed by atoms with van der Waals surface area (Å²) >= 11 is 1.70. The maximum absolute atomic E-state index is 12.3. The van der Waals surface area contributed by atoms with Gasteiger partial charge >= 0.3 is 0 Å². The van der Waals surface area contributed by atoms with Crippen LogP contribution in [-0.4, -0.2) is 25.1 Å². The van der Waals surface area contributed by atoms with Crippen LogP contribution in [0.25, 0.3) is 10.2 Å². The molecule has 2 aromatic carbocycles. The van der Waals surface area contributed by atoms with E-state index in [1.165, 1.54) is 4.70 Å². The number of benzene rings is 2. The van der Waals surface area contributed by atoms with Gasteiger partial charge in [0.25, 0.3) is 0 Å². The van der Waals surface area contributed by atoms with Crippen molar-refractivity contribution >= 4 is 27.5 Å². The van der Waals surface area contributed by atoms with Gasteiger partial charge in [0, 0.05) is 12.0 Å². The van der Waals surface area contributed by atoms with Crippen LogP contribution in [-0.2, 0) is 11.2 Å². The summed E-state index contributed by atoms with van der Waals surface area (Å²) in [5.74, 6) is 1.49. The topological polar surface area (TPSA) is 60.5 Å². The Hall–Kier alpha value is -2.60. The molecular formula is C21H24N2O3S. The summed E-state index contributed by atoms with van der Waals surface area (Å²) < 4.78 is 11.9. The smallest absolute Gasteiger partial charge is 0.220 e. The van der Waals surface area contributed by atoms with E-state index in [9.17, 15) is 4.79 Å². The molecule has 3 rings (SSSR count). The van der Waals surface area contributed by atoms with Crippen LogP contribution in [0.5, 0.6) is 11.5 Å². The van der Waals surface area contributed by atoms with Gasteiger partial charge in [-0.1, -0.05) is 12.1 Å². The molecule has 0 aliphatic carbocycles. The fraction of sp³-hybridized carbons (Fsp3) is 0.333. The number of aryl methyl sites for hydroxylation is 1. The number of fused-ring (bicyclic) bond motifs is 1. The van der Waals surface area contributed by atoms with Crippen LogP contribution in [0.1, 0.15) is 36.4 Å². The van der Waals surface area contributed by atoms with Crippen molar-refractivity contribution in [2.45, 2.75) is 32.2 Å². The molecule has 1 unspecified atom stereocenters. The summed E-state index contributed by atoms with van der Waals surface area (Å²) in [4.78, 5) is 17.0. The molecule has 0 saturated carbocycles. The van der Waals surface area contributed by atoms with E-state index in [-0.39, 0.29) is 11.9 Å². The van der Waals surface area contributed by atoms with Crippen LogP contribution in [0.15, 0.2) is 42.5 Å². The Kier molecular flexibility index (Phi) is 6.29. The van der Waals surface area contributed by atoms with E-state index < -0.39 is 0 Å². The Bertz CT molecular complexity index is 890. The van der Waals surface area contributed by atoms with E-state index in [1.54, 1.807) is 25.6 Å². The van der Waals surface area contributed by atoms with Crippen molar-refractivity contribution in [3.05, 3.63) is 53.0 Å². The minimum Gasteiger partial charge on any atom is -0.497 e. The highest BCUT2D eigenvalue weighted by atomic mass is 32.1. The van der Waals surface area contributed by atoms with Crippen molar-refractivity contribution in [3.63, 3.8) is 0 Å². The zero-order valence-corrected chi connectivity index (χ0v) is 16.6. The molecule has 1 atom stereocenters. The Morgan fingerprint density at radius 2 is 2.00 bits per heavy atom. The molecule has 0 spiro atoms. The molecule has 5 nitrogen and oxygen atoms in total. The number of para-hydroxylation sites is 1. The van der Waals surface area contributed by atoms with Gasteiger partial charge in [0.2, 0.25) is 5.91 Å². The van der Waals surface area contributed by atoms with Crippen LogP contribution in [0.2, 0.25) is 0 Å². The minimum atomic E-state index is -0.162. The molecule has 0 bridgehead atoms. The summed E-state index contributed by atoms with van der Waals surface area (Å²) in [6.07, 6.45) is 2.05. The van der Waals surface area contributed by atoms with E-state index in [1.807, 2.05) is 43.3 Å². The van der Waals surface area contributed by atoms with Gasteiger partial charge in [-0.15, -0.1) is 11.3 Å². The van der Waals surface area contributed by atoms with E-state index in [0.717, 1.165) is 40.4 Å². The normalized spacial score (nSPS) is 12.0. The van der Waals surface area contributed by atoms with Gasteiger partial charge in [0.05, 0.1) is 35.5 Å². The lowest BCUT2D eigenvalue weighted by molar-refractivity contribution is -0.121. The molecule has 3 aromatic rings. The summed E-state index contributed by atoms with van der Waals surface area (Å²) in [6.45, 7) is 1.95. The molecule has 1 N–H and O–H groups in total. The predicted molar refractivity (Wildman–Crippen MR) is 109 cm³/mol. The van der Waals surface area contributed by atoms with E-state index >= 15 is 0 Å². The van der Waals surface area contributed by atoms with Gasteiger partial charge < -0.3 is 14.8 Å². The highest BCUT2D eigenvalue weighted by molar-refractivity contribution is 7.18. The van der Waals surface area contributed by atoms with Crippen LogP contribution in [0, 0.1) is 0 Å². The molecule has 142 valence electrons. The number of hydrogen-bond donors (Lipinski definition) is 1. The third kappa shape index (κ3) is 4.77. The van der Waals surface area contributed by atoms with Crippen LogP contribution >= 0.6 is 11.3 Å². The predicted octanol–water partition coefficient (Wildman–Crippen LogP) is 4.51. The zero-order chi connectivity index (χ0) is 19.2. The molecule has 1 aromatic heterocycles. The Balaban J connectivity index is 1.54. The lowest BCUT2D eigenvalue weighted by Gasteiger charge is -2.18. The quantitative estimate of drug-likeness (QED) is 0.621. The van der Waals surface area contributed by atoms with Gasteiger partial charge in [-0.2, -0.15) is 0 Å². The van der Waals surface area contributed by atoms with Gasteiger partial charge in [0.1, 0.15) is 11.5 Å². The monoisotopic (exact) mass is 384 g/mol. The Morgan fingerprint density at radius 1 is 1.19 bits per heavy atom. The summed E-state index contributed by atoms with van der Waals surface area (Å²) in [7, 11) is 3.24. The number of amides is 1. The lowest BCUT2D eigenvalue weighted by atomic mass is 10.1. The van der Waals surface area contributed by atoms with E-state index in [2.05, 4.69) is 16.4 Å². The first-order valence-corrected chi connectivity index (χ1v) is 9.78. The van der Waals surface area contributed by atoms with Gasteiger partial charge in [-0.05, 0) is 50.1 Å². The van der Waals surface area contributed by atoms with Crippen LogP contribution in [0.3, 0.4) is 0 Å². The number of methoxy groups -OCH3 is 2. The number of ether oxygens (including phenoxy) is 2. The number of rotatable bonds is 8. The number of aromatic nitrogens is 1. The average Bonchev–Trinajstić information content (AvgIpc) is 3.10. The minimum absolute atomic E-state index is 0.0217. The Morgan fingerprint density at radius 3 is 2.74 bits per heavy atom. The van der Waals surface area contributed by atoms with Gasteiger partial charge in [-0.3, -0.25) is 4.79 Å². The number of hydrogen-bond acceptors (Lipinski definition) is 5. The van der Waals surface area contributed by atoms with Crippen molar-refractivity contribution in [1.82, 2.24) is 10.3 Å². The molecule has 6 heteroatoms. The van der Waals surface area contributed by atoms with Crippen molar-refractivity contribution < 1.29 is 14.3 Å². The van der Waals surface area contributed by atoms with E-state index in [4.69, 9.17) is 9.47 Å². The molecule has 1 amide bonds. The lowest BCUT2D eigenvalue weighted by Crippen LogP contribution is -2.26. The van der Waals surface area contributed by atoms with Crippen LogP contribution in [0.4, 0.5) is 0 Å². The Labute approximate surface area is 163 Å².